The van der Waals surface area contributed by atoms with E-state index >= 15 is 0 Å². The Hall–Kier alpha value is -1.06. The largest absolute Gasteiger partial charge is 0.480 e. The second-order valence-electron chi connectivity index (χ2n) is 5.74. The van der Waals surface area contributed by atoms with Crippen molar-refractivity contribution in [1.29, 1.82) is 0 Å². The normalized spacial score (nSPS) is 22.1. The molecule has 0 aromatic heterocycles. The Kier molecular flexibility index (Phi) is 3.15. The lowest BCUT2D eigenvalue weighted by molar-refractivity contribution is -0.168. The molecule has 2 aliphatic rings. The molecule has 0 atom stereocenters. The van der Waals surface area contributed by atoms with Crippen LogP contribution in [0.4, 0.5) is 0 Å². The van der Waals surface area contributed by atoms with Crippen LogP contribution in [0, 0.1) is 11.3 Å². The van der Waals surface area contributed by atoms with Crippen LogP contribution < -0.4 is 0 Å². The number of carbonyl (C=O) groups is 2. The van der Waals surface area contributed by atoms with Gasteiger partial charge in [-0.1, -0.05) is 6.42 Å². The van der Waals surface area contributed by atoms with Gasteiger partial charge in [0, 0.05) is 12.6 Å². The Morgan fingerprint density at radius 1 is 1.35 bits per heavy atom. The van der Waals surface area contributed by atoms with E-state index in [0.29, 0.717) is 18.8 Å². The van der Waals surface area contributed by atoms with Crippen molar-refractivity contribution in [2.45, 2.75) is 52.0 Å². The van der Waals surface area contributed by atoms with Crippen LogP contribution in [0.25, 0.3) is 0 Å². The zero-order valence-corrected chi connectivity index (χ0v) is 10.6. The minimum Gasteiger partial charge on any atom is -0.480 e. The summed E-state index contributed by atoms with van der Waals surface area (Å²) in [5.41, 5.74) is -1.10. The molecule has 0 bridgehead atoms. The van der Waals surface area contributed by atoms with Crippen molar-refractivity contribution in [3.63, 3.8) is 0 Å². The third-order valence-electron chi connectivity index (χ3n) is 4.06. The molecule has 1 N–H and O–H groups in total. The van der Waals surface area contributed by atoms with Gasteiger partial charge in [0.2, 0.25) is 5.91 Å². The fourth-order valence-electron chi connectivity index (χ4n) is 2.43. The van der Waals surface area contributed by atoms with Crippen LogP contribution in [0.2, 0.25) is 0 Å². The van der Waals surface area contributed by atoms with Crippen LogP contribution in [0.3, 0.4) is 0 Å². The van der Waals surface area contributed by atoms with Crippen LogP contribution in [-0.4, -0.2) is 34.5 Å². The van der Waals surface area contributed by atoms with E-state index in [2.05, 4.69) is 0 Å². The van der Waals surface area contributed by atoms with E-state index in [9.17, 15) is 14.7 Å². The number of carboxylic acid groups (broad SMARTS) is 1. The Morgan fingerprint density at radius 2 is 1.94 bits per heavy atom. The summed E-state index contributed by atoms with van der Waals surface area (Å²) in [6.45, 7) is 4.68. The molecule has 96 valence electrons. The van der Waals surface area contributed by atoms with E-state index < -0.39 is 11.4 Å². The fraction of sp³-hybridized carbons (Fsp3) is 0.846. The molecule has 4 nitrogen and oxygen atoms in total. The Labute approximate surface area is 102 Å². The van der Waals surface area contributed by atoms with Gasteiger partial charge in [-0.05, 0) is 45.4 Å². The van der Waals surface area contributed by atoms with Crippen molar-refractivity contribution in [2.24, 2.45) is 11.3 Å². The van der Waals surface area contributed by atoms with E-state index in [1.165, 1.54) is 12.8 Å². The maximum absolute atomic E-state index is 12.4. The van der Waals surface area contributed by atoms with E-state index in [0.717, 1.165) is 13.0 Å². The standard InChI is InChI=1S/C13H21NO3/c1-9(2)14(8-10-4-5-10)11(15)13(12(16)17)6-3-7-13/h9-10H,3-8H2,1-2H3,(H,16,17). The molecule has 0 heterocycles. The predicted molar refractivity (Wildman–Crippen MR) is 63.5 cm³/mol. The minimum atomic E-state index is -1.10. The van der Waals surface area contributed by atoms with Crippen molar-refractivity contribution in [3.8, 4) is 0 Å². The van der Waals surface area contributed by atoms with Crippen molar-refractivity contribution >= 4 is 11.9 Å². The lowest BCUT2D eigenvalue weighted by atomic mass is 9.67. The van der Waals surface area contributed by atoms with Gasteiger partial charge in [-0.25, -0.2) is 0 Å². The summed E-state index contributed by atoms with van der Waals surface area (Å²) in [5, 5.41) is 9.29. The summed E-state index contributed by atoms with van der Waals surface area (Å²) in [6, 6.07) is 0.0972. The predicted octanol–water partition coefficient (Wildman–Crippen LogP) is 1.89. The van der Waals surface area contributed by atoms with Crippen LogP contribution >= 0.6 is 0 Å². The number of hydrogen-bond donors (Lipinski definition) is 1. The number of amides is 1. The van der Waals surface area contributed by atoms with E-state index in [-0.39, 0.29) is 11.9 Å². The van der Waals surface area contributed by atoms with Gasteiger partial charge in [0.25, 0.3) is 0 Å². The molecule has 0 radical (unpaired) electrons. The second kappa shape index (κ2) is 4.31. The zero-order chi connectivity index (χ0) is 12.6. The van der Waals surface area contributed by atoms with Crippen molar-refractivity contribution in [2.75, 3.05) is 6.54 Å². The lowest BCUT2D eigenvalue weighted by Crippen LogP contribution is -2.54. The molecular formula is C13H21NO3. The zero-order valence-electron chi connectivity index (χ0n) is 10.6. The first-order valence-corrected chi connectivity index (χ1v) is 6.52. The summed E-state index contributed by atoms with van der Waals surface area (Å²) >= 11 is 0. The molecule has 0 aromatic rings. The quantitative estimate of drug-likeness (QED) is 0.745. The number of carboxylic acids is 1. The number of hydrogen-bond acceptors (Lipinski definition) is 2. The number of nitrogens with zero attached hydrogens (tertiary/aromatic N) is 1. The van der Waals surface area contributed by atoms with E-state index in [4.69, 9.17) is 0 Å². The van der Waals surface area contributed by atoms with Crippen molar-refractivity contribution in [3.05, 3.63) is 0 Å². The first-order chi connectivity index (χ1) is 7.97. The maximum Gasteiger partial charge on any atom is 0.319 e. The number of rotatable bonds is 5. The summed E-state index contributed by atoms with van der Waals surface area (Å²) in [7, 11) is 0. The SMILES string of the molecule is CC(C)N(CC1CC1)C(=O)C1(C(=O)O)CCC1. The van der Waals surface area contributed by atoms with Crippen molar-refractivity contribution in [1.82, 2.24) is 4.90 Å². The molecule has 0 unspecified atom stereocenters. The summed E-state index contributed by atoms with van der Waals surface area (Å²) in [6.07, 6.45) is 4.23. The molecule has 1 amide bonds. The van der Waals surface area contributed by atoms with Crippen LogP contribution in [0.5, 0.6) is 0 Å². The summed E-state index contributed by atoms with van der Waals surface area (Å²) < 4.78 is 0. The molecule has 2 fully saturated rings. The first-order valence-electron chi connectivity index (χ1n) is 6.52. The van der Waals surface area contributed by atoms with Gasteiger partial charge in [0.05, 0.1) is 0 Å². The highest BCUT2D eigenvalue weighted by Crippen LogP contribution is 2.44. The molecule has 0 saturated heterocycles. The fourth-order valence-corrected chi connectivity index (χ4v) is 2.43. The smallest absolute Gasteiger partial charge is 0.319 e. The third kappa shape index (κ3) is 2.17. The maximum atomic E-state index is 12.4. The molecule has 2 rings (SSSR count). The topological polar surface area (TPSA) is 57.6 Å². The molecule has 4 heteroatoms. The van der Waals surface area contributed by atoms with Crippen LogP contribution in [0.15, 0.2) is 0 Å². The highest BCUT2D eigenvalue weighted by molar-refractivity contribution is 6.02. The van der Waals surface area contributed by atoms with Gasteiger partial charge >= 0.3 is 5.97 Å². The molecule has 2 saturated carbocycles. The highest BCUT2D eigenvalue weighted by atomic mass is 16.4. The number of carbonyl (C=O) groups excluding carboxylic acids is 1. The summed E-state index contributed by atoms with van der Waals surface area (Å²) in [5.74, 6) is -0.486. The van der Waals surface area contributed by atoms with Gasteiger partial charge in [-0.2, -0.15) is 0 Å². The lowest BCUT2D eigenvalue weighted by Gasteiger charge is -2.41. The molecular weight excluding hydrogens is 218 g/mol. The molecule has 0 aromatic carbocycles. The van der Waals surface area contributed by atoms with Gasteiger partial charge < -0.3 is 10.0 Å². The van der Waals surface area contributed by atoms with E-state index in [1.54, 1.807) is 4.90 Å². The molecule has 0 spiro atoms. The van der Waals surface area contributed by atoms with Crippen LogP contribution in [0.1, 0.15) is 46.0 Å². The van der Waals surface area contributed by atoms with Crippen LogP contribution in [-0.2, 0) is 9.59 Å². The van der Waals surface area contributed by atoms with Gasteiger partial charge in [-0.3, -0.25) is 9.59 Å². The minimum absolute atomic E-state index is 0.0972. The Bertz CT molecular complexity index is 330. The van der Waals surface area contributed by atoms with E-state index in [1.807, 2.05) is 13.8 Å². The average molecular weight is 239 g/mol. The third-order valence-corrected chi connectivity index (χ3v) is 4.06. The second-order valence-corrected chi connectivity index (χ2v) is 5.74. The monoisotopic (exact) mass is 239 g/mol. The van der Waals surface area contributed by atoms with Crippen molar-refractivity contribution < 1.29 is 14.7 Å². The number of aliphatic carboxylic acids is 1. The Morgan fingerprint density at radius 3 is 2.24 bits per heavy atom. The Balaban J connectivity index is 2.11. The summed E-state index contributed by atoms with van der Waals surface area (Å²) in [4.78, 5) is 25.5. The van der Waals surface area contributed by atoms with Gasteiger partial charge in [-0.15, -0.1) is 0 Å². The first kappa shape index (κ1) is 12.4. The van der Waals surface area contributed by atoms with Gasteiger partial charge in [0.1, 0.15) is 5.41 Å². The highest BCUT2D eigenvalue weighted by Gasteiger charge is 2.53. The molecule has 2 aliphatic carbocycles. The molecule has 0 aliphatic heterocycles. The average Bonchev–Trinajstić information content (AvgIpc) is 2.93. The molecule has 17 heavy (non-hydrogen) atoms. The van der Waals surface area contributed by atoms with Gasteiger partial charge in [0.15, 0.2) is 0 Å².